The van der Waals surface area contributed by atoms with Gasteiger partial charge in [-0.05, 0) is 30.2 Å². The van der Waals surface area contributed by atoms with Gasteiger partial charge in [0.2, 0.25) is 5.91 Å². The van der Waals surface area contributed by atoms with Gasteiger partial charge in [0.1, 0.15) is 0 Å². The van der Waals surface area contributed by atoms with Crippen molar-refractivity contribution in [3.8, 4) is 5.75 Å². The van der Waals surface area contributed by atoms with Crippen molar-refractivity contribution in [2.75, 3.05) is 13.7 Å². The summed E-state index contributed by atoms with van der Waals surface area (Å²) in [4.78, 5) is 17.7. The number of halogens is 1. The molecule has 1 aromatic heterocycles. The fourth-order valence-corrected chi connectivity index (χ4v) is 2.01. The van der Waals surface area contributed by atoms with Gasteiger partial charge in [0.05, 0.1) is 6.61 Å². The molecule has 2 aromatic rings. The maximum Gasteiger partial charge on any atom is 0.222 e. The Hall–Kier alpha value is -2.43. The van der Waals surface area contributed by atoms with Crippen molar-refractivity contribution in [2.24, 2.45) is 0 Å². The maximum absolute atomic E-state index is 13.3. The summed E-state index contributed by atoms with van der Waals surface area (Å²) in [7, 11) is 1.76. The zero-order valence-electron chi connectivity index (χ0n) is 12.5. The van der Waals surface area contributed by atoms with Crippen molar-refractivity contribution in [1.82, 2.24) is 9.88 Å². The number of carbonyl (C=O) groups is 1. The molecule has 116 valence electrons. The topological polar surface area (TPSA) is 42.4 Å². The Morgan fingerprint density at radius 2 is 2.09 bits per heavy atom. The monoisotopic (exact) mass is 302 g/mol. The van der Waals surface area contributed by atoms with E-state index in [1.807, 2.05) is 12.1 Å². The van der Waals surface area contributed by atoms with E-state index in [0.29, 0.717) is 26.0 Å². The average Bonchev–Trinajstić information content (AvgIpc) is 2.53. The maximum atomic E-state index is 13.3. The molecule has 0 atom stereocenters. The summed E-state index contributed by atoms with van der Waals surface area (Å²) in [6.45, 7) is 0.842. The van der Waals surface area contributed by atoms with Crippen molar-refractivity contribution in [2.45, 2.75) is 19.4 Å². The summed E-state index contributed by atoms with van der Waals surface area (Å²) in [5.41, 5.74) is 0.987. The third-order valence-electron chi connectivity index (χ3n) is 3.20. The standard InChI is InChI=1S/C17H19FN2O2/c1-20(13-14-6-4-10-19-12-14)17(21)9-5-11-22-16-8-3-2-7-15(16)18/h2-4,6-8,10,12H,5,9,11,13H2,1H3. The van der Waals surface area contributed by atoms with E-state index < -0.39 is 0 Å². The van der Waals surface area contributed by atoms with E-state index in [0.717, 1.165) is 5.56 Å². The van der Waals surface area contributed by atoms with Crippen LogP contribution in [0.15, 0.2) is 48.8 Å². The number of aromatic nitrogens is 1. The fourth-order valence-electron chi connectivity index (χ4n) is 2.01. The number of benzene rings is 1. The second-order valence-corrected chi connectivity index (χ2v) is 4.99. The number of hydrogen-bond acceptors (Lipinski definition) is 3. The number of carbonyl (C=O) groups excluding carboxylic acids is 1. The van der Waals surface area contributed by atoms with Gasteiger partial charge in [-0.1, -0.05) is 18.2 Å². The largest absolute Gasteiger partial charge is 0.491 e. The van der Waals surface area contributed by atoms with Gasteiger partial charge < -0.3 is 9.64 Å². The number of amides is 1. The lowest BCUT2D eigenvalue weighted by Crippen LogP contribution is -2.26. The van der Waals surface area contributed by atoms with Gasteiger partial charge >= 0.3 is 0 Å². The summed E-state index contributed by atoms with van der Waals surface area (Å²) in [5, 5.41) is 0. The number of pyridine rings is 1. The Morgan fingerprint density at radius 3 is 2.82 bits per heavy atom. The Labute approximate surface area is 129 Å². The summed E-state index contributed by atoms with van der Waals surface area (Å²) in [5.74, 6) is -0.137. The Balaban J connectivity index is 1.70. The molecule has 0 aliphatic carbocycles. The first-order chi connectivity index (χ1) is 10.7. The zero-order chi connectivity index (χ0) is 15.8. The number of rotatable bonds is 7. The van der Waals surface area contributed by atoms with E-state index in [4.69, 9.17) is 4.74 Å². The van der Waals surface area contributed by atoms with Crippen LogP contribution in [0.1, 0.15) is 18.4 Å². The molecule has 0 radical (unpaired) electrons. The first-order valence-electron chi connectivity index (χ1n) is 7.17. The molecule has 1 amide bonds. The van der Waals surface area contributed by atoms with E-state index in [1.165, 1.54) is 6.07 Å². The van der Waals surface area contributed by atoms with Crippen LogP contribution in [0, 0.1) is 5.82 Å². The SMILES string of the molecule is CN(Cc1cccnc1)C(=O)CCCOc1ccccc1F. The molecule has 0 aliphatic rings. The van der Waals surface area contributed by atoms with Crippen molar-refractivity contribution in [3.05, 3.63) is 60.2 Å². The van der Waals surface area contributed by atoms with Crippen molar-refractivity contribution >= 4 is 5.91 Å². The Bertz CT molecular complexity index is 605. The molecule has 0 N–H and O–H groups in total. The molecule has 0 saturated carbocycles. The summed E-state index contributed by atoms with van der Waals surface area (Å²) in [6, 6.07) is 10.0. The molecule has 1 aromatic carbocycles. The number of hydrogen-bond donors (Lipinski definition) is 0. The molecule has 5 heteroatoms. The normalized spacial score (nSPS) is 10.3. The Morgan fingerprint density at radius 1 is 1.27 bits per heavy atom. The van der Waals surface area contributed by atoms with Crippen LogP contribution < -0.4 is 4.74 Å². The first kappa shape index (κ1) is 15.9. The predicted octanol–water partition coefficient (Wildman–Crippen LogP) is 3.04. The molecule has 0 saturated heterocycles. The van der Waals surface area contributed by atoms with Gasteiger partial charge in [0, 0.05) is 32.4 Å². The molecule has 0 aliphatic heterocycles. The van der Waals surface area contributed by atoms with E-state index >= 15 is 0 Å². The van der Waals surface area contributed by atoms with Crippen LogP contribution in [0.2, 0.25) is 0 Å². The van der Waals surface area contributed by atoms with Crippen LogP contribution in [0.25, 0.3) is 0 Å². The number of ether oxygens (including phenoxy) is 1. The van der Waals surface area contributed by atoms with Crippen LogP contribution in [-0.2, 0) is 11.3 Å². The van der Waals surface area contributed by atoms with Crippen LogP contribution in [-0.4, -0.2) is 29.4 Å². The van der Waals surface area contributed by atoms with E-state index in [2.05, 4.69) is 4.98 Å². The lowest BCUT2D eigenvalue weighted by molar-refractivity contribution is -0.130. The smallest absolute Gasteiger partial charge is 0.222 e. The molecule has 4 nitrogen and oxygen atoms in total. The third-order valence-corrected chi connectivity index (χ3v) is 3.20. The van der Waals surface area contributed by atoms with Crippen LogP contribution in [0.5, 0.6) is 5.75 Å². The first-order valence-corrected chi connectivity index (χ1v) is 7.17. The highest BCUT2D eigenvalue weighted by molar-refractivity contribution is 5.75. The summed E-state index contributed by atoms with van der Waals surface area (Å²) >= 11 is 0. The molecule has 0 spiro atoms. The Kier molecular flexibility index (Phi) is 5.89. The second kappa shape index (κ2) is 8.12. The van der Waals surface area contributed by atoms with E-state index in [1.54, 1.807) is 42.5 Å². The summed E-state index contributed by atoms with van der Waals surface area (Å²) < 4.78 is 18.7. The number of para-hydroxylation sites is 1. The van der Waals surface area contributed by atoms with Crippen molar-refractivity contribution in [3.63, 3.8) is 0 Å². The third kappa shape index (κ3) is 4.84. The van der Waals surface area contributed by atoms with Crippen LogP contribution >= 0.6 is 0 Å². The quantitative estimate of drug-likeness (QED) is 0.738. The zero-order valence-corrected chi connectivity index (χ0v) is 12.5. The molecular weight excluding hydrogens is 283 g/mol. The minimum Gasteiger partial charge on any atom is -0.491 e. The number of nitrogens with zero attached hydrogens (tertiary/aromatic N) is 2. The van der Waals surface area contributed by atoms with Crippen molar-refractivity contribution in [1.29, 1.82) is 0 Å². The summed E-state index contributed by atoms with van der Waals surface area (Å²) in [6.07, 6.45) is 4.35. The van der Waals surface area contributed by atoms with Gasteiger partial charge in [0.25, 0.3) is 0 Å². The molecule has 0 bridgehead atoms. The average molecular weight is 302 g/mol. The van der Waals surface area contributed by atoms with Gasteiger partial charge in [-0.2, -0.15) is 0 Å². The molecule has 1 heterocycles. The van der Waals surface area contributed by atoms with Crippen LogP contribution in [0.4, 0.5) is 4.39 Å². The van der Waals surface area contributed by atoms with Gasteiger partial charge in [0.15, 0.2) is 11.6 Å². The highest BCUT2D eigenvalue weighted by Crippen LogP contribution is 2.15. The van der Waals surface area contributed by atoms with Gasteiger partial charge in [-0.3, -0.25) is 9.78 Å². The molecule has 0 fully saturated rings. The minimum atomic E-state index is -0.387. The highest BCUT2D eigenvalue weighted by Gasteiger charge is 2.09. The lowest BCUT2D eigenvalue weighted by Gasteiger charge is -2.17. The molecule has 0 unspecified atom stereocenters. The minimum absolute atomic E-state index is 0.0287. The van der Waals surface area contributed by atoms with Gasteiger partial charge in [-0.15, -0.1) is 0 Å². The molecular formula is C17H19FN2O2. The fraction of sp³-hybridized carbons (Fsp3) is 0.294. The lowest BCUT2D eigenvalue weighted by atomic mass is 10.2. The van der Waals surface area contributed by atoms with Gasteiger partial charge in [-0.25, -0.2) is 4.39 Å². The second-order valence-electron chi connectivity index (χ2n) is 4.99. The van der Waals surface area contributed by atoms with Crippen LogP contribution in [0.3, 0.4) is 0 Å². The predicted molar refractivity (Wildman–Crippen MR) is 81.8 cm³/mol. The molecule has 2 rings (SSSR count). The molecule has 22 heavy (non-hydrogen) atoms. The van der Waals surface area contributed by atoms with Crippen molar-refractivity contribution < 1.29 is 13.9 Å². The highest BCUT2D eigenvalue weighted by atomic mass is 19.1. The van der Waals surface area contributed by atoms with E-state index in [-0.39, 0.29) is 17.5 Å². The van der Waals surface area contributed by atoms with E-state index in [9.17, 15) is 9.18 Å².